The number of hydrogen-bond donors (Lipinski definition) is 2. The SMILES string of the molecule is NCC1(O)CCSC1. The third-order valence-corrected chi connectivity index (χ3v) is 2.70. The summed E-state index contributed by atoms with van der Waals surface area (Å²) in [6, 6.07) is 0. The van der Waals surface area contributed by atoms with Crippen LogP contribution in [0.3, 0.4) is 0 Å². The fourth-order valence-corrected chi connectivity index (χ4v) is 2.07. The lowest BCUT2D eigenvalue weighted by atomic mass is 10.1. The highest BCUT2D eigenvalue weighted by Gasteiger charge is 2.29. The predicted molar refractivity (Wildman–Crippen MR) is 35.9 cm³/mol. The maximum Gasteiger partial charge on any atom is 0.0867 e. The van der Waals surface area contributed by atoms with Gasteiger partial charge in [0.15, 0.2) is 0 Å². The van der Waals surface area contributed by atoms with Gasteiger partial charge in [0.2, 0.25) is 0 Å². The molecule has 3 heteroatoms. The summed E-state index contributed by atoms with van der Waals surface area (Å²) < 4.78 is 0. The number of thioether (sulfide) groups is 1. The molecule has 0 bridgehead atoms. The van der Waals surface area contributed by atoms with Crippen LogP contribution >= 0.6 is 11.8 Å². The third-order valence-electron chi connectivity index (χ3n) is 1.46. The summed E-state index contributed by atoms with van der Waals surface area (Å²) in [6.45, 7) is 0.417. The van der Waals surface area contributed by atoms with E-state index in [1.54, 1.807) is 11.8 Å². The smallest absolute Gasteiger partial charge is 0.0867 e. The number of hydrogen-bond acceptors (Lipinski definition) is 3. The van der Waals surface area contributed by atoms with E-state index in [-0.39, 0.29) is 0 Å². The average Bonchev–Trinajstić information content (AvgIpc) is 2.17. The average molecular weight is 133 g/mol. The van der Waals surface area contributed by atoms with Crippen molar-refractivity contribution in [3.8, 4) is 0 Å². The first-order valence-corrected chi connectivity index (χ1v) is 3.92. The van der Waals surface area contributed by atoms with Gasteiger partial charge >= 0.3 is 0 Å². The first kappa shape index (κ1) is 6.39. The van der Waals surface area contributed by atoms with Crippen molar-refractivity contribution < 1.29 is 5.11 Å². The Kier molecular flexibility index (Phi) is 1.80. The van der Waals surface area contributed by atoms with Gasteiger partial charge in [-0.3, -0.25) is 0 Å². The molecule has 0 saturated carbocycles. The van der Waals surface area contributed by atoms with Gasteiger partial charge in [-0.15, -0.1) is 0 Å². The van der Waals surface area contributed by atoms with Crippen molar-refractivity contribution in [2.75, 3.05) is 18.1 Å². The summed E-state index contributed by atoms with van der Waals surface area (Å²) in [5, 5.41) is 9.35. The molecule has 0 aromatic rings. The third kappa shape index (κ3) is 1.16. The van der Waals surface area contributed by atoms with Gasteiger partial charge in [-0.2, -0.15) is 11.8 Å². The van der Waals surface area contributed by atoms with E-state index in [4.69, 9.17) is 5.73 Å². The van der Waals surface area contributed by atoms with E-state index >= 15 is 0 Å². The zero-order chi connectivity index (χ0) is 6.04. The van der Waals surface area contributed by atoms with E-state index in [1.165, 1.54) is 0 Å². The topological polar surface area (TPSA) is 46.2 Å². The van der Waals surface area contributed by atoms with Crippen molar-refractivity contribution in [3.05, 3.63) is 0 Å². The molecule has 8 heavy (non-hydrogen) atoms. The first-order valence-electron chi connectivity index (χ1n) is 2.77. The van der Waals surface area contributed by atoms with Gasteiger partial charge in [0.25, 0.3) is 0 Å². The molecule has 1 aliphatic heterocycles. The molecule has 1 saturated heterocycles. The Morgan fingerprint density at radius 2 is 2.50 bits per heavy atom. The van der Waals surface area contributed by atoms with Crippen LogP contribution in [-0.2, 0) is 0 Å². The second kappa shape index (κ2) is 2.25. The predicted octanol–water partition coefficient (Wildman–Crippen LogP) is -0.187. The summed E-state index contributed by atoms with van der Waals surface area (Å²) >= 11 is 1.78. The molecule has 1 aliphatic rings. The Hall–Kier alpha value is 0.270. The molecule has 0 amide bonds. The lowest BCUT2D eigenvalue weighted by molar-refractivity contribution is 0.0774. The Balaban J connectivity index is 2.40. The molecule has 0 aliphatic carbocycles. The van der Waals surface area contributed by atoms with Gasteiger partial charge in [-0.1, -0.05) is 0 Å². The van der Waals surface area contributed by atoms with E-state index in [9.17, 15) is 5.11 Å². The Bertz CT molecular complexity index is 80.5. The molecule has 1 heterocycles. The van der Waals surface area contributed by atoms with E-state index in [1.807, 2.05) is 0 Å². The molecule has 48 valence electrons. The van der Waals surface area contributed by atoms with Crippen LogP contribution in [0, 0.1) is 0 Å². The van der Waals surface area contributed by atoms with Gasteiger partial charge < -0.3 is 10.8 Å². The minimum Gasteiger partial charge on any atom is -0.388 e. The van der Waals surface area contributed by atoms with Crippen LogP contribution in [0.5, 0.6) is 0 Å². The Labute approximate surface area is 53.5 Å². The van der Waals surface area contributed by atoms with Crippen LogP contribution in [0.15, 0.2) is 0 Å². The van der Waals surface area contributed by atoms with E-state index in [0.717, 1.165) is 17.9 Å². The molecule has 1 unspecified atom stereocenters. The first-order chi connectivity index (χ1) is 3.77. The largest absolute Gasteiger partial charge is 0.388 e. The molecular weight excluding hydrogens is 122 g/mol. The summed E-state index contributed by atoms with van der Waals surface area (Å²) in [7, 11) is 0. The van der Waals surface area contributed by atoms with Gasteiger partial charge in [-0.25, -0.2) is 0 Å². The standard InChI is InChI=1S/C5H11NOS/c6-3-5(7)1-2-8-4-5/h7H,1-4,6H2. The van der Waals surface area contributed by atoms with Crippen molar-refractivity contribution >= 4 is 11.8 Å². The molecule has 3 N–H and O–H groups in total. The lowest BCUT2D eigenvalue weighted by Gasteiger charge is -2.17. The van der Waals surface area contributed by atoms with Crippen molar-refractivity contribution in [3.63, 3.8) is 0 Å². The molecular formula is C5H11NOS. The fraction of sp³-hybridized carbons (Fsp3) is 1.00. The van der Waals surface area contributed by atoms with Crippen molar-refractivity contribution in [2.24, 2.45) is 5.73 Å². The highest BCUT2D eigenvalue weighted by atomic mass is 32.2. The number of rotatable bonds is 1. The Morgan fingerprint density at radius 3 is 2.75 bits per heavy atom. The van der Waals surface area contributed by atoms with Crippen molar-refractivity contribution in [2.45, 2.75) is 12.0 Å². The molecule has 0 spiro atoms. The molecule has 2 nitrogen and oxygen atoms in total. The van der Waals surface area contributed by atoms with E-state index in [0.29, 0.717) is 6.54 Å². The van der Waals surface area contributed by atoms with Crippen LogP contribution in [0.2, 0.25) is 0 Å². The molecule has 1 atom stereocenters. The normalized spacial score (nSPS) is 38.2. The molecule has 0 radical (unpaired) electrons. The van der Waals surface area contributed by atoms with Gasteiger partial charge in [0.05, 0.1) is 5.60 Å². The summed E-state index contributed by atoms with van der Waals surface area (Å²) in [6.07, 6.45) is 0.869. The molecule has 0 aromatic heterocycles. The lowest BCUT2D eigenvalue weighted by Crippen LogP contribution is -2.37. The zero-order valence-electron chi connectivity index (χ0n) is 4.76. The van der Waals surface area contributed by atoms with E-state index < -0.39 is 5.60 Å². The summed E-state index contributed by atoms with van der Waals surface area (Å²) in [4.78, 5) is 0. The van der Waals surface area contributed by atoms with Gasteiger partial charge in [-0.05, 0) is 12.2 Å². The van der Waals surface area contributed by atoms with Crippen LogP contribution in [-0.4, -0.2) is 28.8 Å². The molecule has 1 rings (SSSR count). The van der Waals surface area contributed by atoms with Crippen molar-refractivity contribution in [1.29, 1.82) is 0 Å². The van der Waals surface area contributed by atoms with Crippen LogP contribution in [0.25, 0.3) is 0 Å². The summed E-state index contributed by atoms with van der Waals surface area (Å²) in [5.74, 6) is 1.89. The maximum absolute atomic E-state index is 9.35. The quantitative estimate of drug-likeness (QED) is 0.521. The number of nitrogens with two attached hydrogens (primary N) is 1. The molecule has 0 aromatic carbocycles. The zero-order valence-corrected chi connectivity index (χ0v) is 5.58. The summed E-state index contributed by atoms with van der Waals surface area (Å²) in [5.41, 5.74) is 4.78. The highest BCUT2D eigenvalue weighted by molar-refractivity contribution is 7.99. The van der Waals surface area contributed by atoms with Crippen molar-refractivity contribution in [1.82, 2.24) is 0 Å². The van der Waals surface area contributed by atoms with Crippen LogP contribution in [0.4, 0.5) is 0 Å². The van der Waals surface area contributed by atoms with Gasteiger partial charge in [0.1, 0.15) is 0 Å². The minimum atomic E-state index is -0.523. The van der Waals surface area contributed by atoms with E-state index in [2.05, 4.69) is 0 Å². The molecule has 1 fully saturated rings. The van der Waals surface area contributed by atoms with Crippen LogP contribution in [0.1, 0.15) is 6.42 Å². The minimum absolute atomic E-state index is 0.417. The highest BCUT2D eigenvalue weighted by Crippen LogP contribution is 2.26. The van der Waals surface area contributed by atoms with Crippen LogP contribution < -0.4 is 5.73 Å². The number of aliphatic hydroxyl groups is 1. The Morgan fingerprint density at radius 1 is 1.75 bits per heavy atom. The monoisotopic (exact) mass is 133 g/mol. The second-order valence-electron chi connectivity index (χ2n) is 2.23. The maximum atomic E-state index is 9.35. The van der Waals surface area contributed by atoms with Gasteiger partial charge in [0, 0.05) is 12.3 Å². The fourth-order valence-electron chi connectivity index (χ4n) is 0.757. The second-order valence-corrected chi connectivity index (χ2v) is 3.34.